The van der Waals surface area contributed by atoms with Gasteiger partial charge in [0, 0.05) is 30.8 Å². The van der Waals surface area contributed by atoms with E-state index < -0.39 is 0 Å². The van der Waals surface area contributed by atoms with Crippen LogP contribution in [0.3, 0.4) is 0 Å². The summed E-state index contributed by atoms with van der Waals surface area (Å²) in [6.45, 7) is 6.78. The van der Waals surface area contributed by atoms with Crippen LogP contribution < -0.4 is 10.6 Å². The van der Waals surface area contributed by atoms with Gasteiger partial charge in [-0.25, -0.2) is 0 Å². The number of halogens is 1. The monoisotopic (exact) mass is 327 g/mol. The zero-order valence-corrected chi connectivity index (χ0v) is 14.3. The molecule has 0 saturated carbocycles. The minimum absolute atomic E-state index is 0. The van der Waals surface area contributed by atoms with E-state index in [1.807, 2.05) is 20.9 Å². The normalized spacial score (nSPS) is 9.77. The summed E-state index contributed by atoms with van der Waals surface area (Å²) in [5.74, 6) is -0.103. The molecule has 5 nitrogen and oxygen atoms in total. The fraction of sp³-hybridized carbons (Fsp3) is 0.500. The molecule has 2 amide bonds. The van der Waals surface area contributed by atoms with Gasteiger partial charge in [0.2, 0.25) is 0 Å². The summed E-state index contributed by atoms with van der Waals surface area (Å²) in [5, 5.41) is 5.88. The van der Waals surface area contributed by atoms with E-state index in [0.29, 0.717) is 30.8 Å². The quantitative estimate of drug-likeness (QED) is 0.717. The Kier molecular flexibility index (Phi) is 10.2. The molecule has 0 atom stereocenters. The van der Waals surface area contributed by atoms with E-state index in [-0.39, 0.29) is 24.2 Å². The third-order valence-corrected chi connectivity index (χ3v) is 3.33. The zero-order valence-electron chi connectivity index (χ0n) is 13.5. The van der Waals surface area contributed by atoms with Crippen LogP contribution in [0.5, 0.6) is 0 Å². The summed E-state index contributed by atoms with van der Waals surface area (Å²) in [7, 11) is 1.88. The maximum atomic E-state index is 12.2. The lowest BCUT2D eigenvalue weighted by atomic mass is 10.1. The third-order valence-electron chi connectivity index (χ3n) is 3.33. The van der Waals surface area contributed by atoms with Crippen LogP contribution in [-0.4, -0.2) is 49.9 Å². The molecule has 22 heavy (non-hydrogen) atoms. The van der Waals surface area contributed by atoms with E-state index in [4.69, 9.17) is 0 Å². The standard InChI is InChI=1S/C16H25N3O2.ClH/c1-4-19(5-2)16(21)14-9-7-13(8-10-14)15(20)18-12-6-11-17-3;/h7-10,17H,4-6,11-12H2,1-3H3,(H,18,20);1H. The summed E-state index contributed by atoms with van der Waals surface area (Å²) < 4.78 is 0. The molecule has 1 rings (SSSR count). The van der Waals surface area contributed by atoms with Gasteiger partial charge >= 0.3 is 0 Å². The second kappa shape index (κ2) is 11.0. The average Bonchev–Trinajstić information content (AvgIpc) is 2.52. The van der Waals surface area contributed by atoms with E-state index in [1.165, 1.54) is 0 Å². The lowest BCUT2D eigenvalue weighted by molar-refractivity contribution is 0.0772. The molecule has 1 aromatic carbocycles. The molecule has 0 aliphatic carbocycles. The molecule has 0 fully saturated rings. The Hall–Kier alpha value is -1.59. The molecule has 0 bridgehead atoms. The van der Waals surface area contributed by atoms with Gasteiger partial charge in [-0.1, -0.05) is 0 Å². The first-order valence-corrected chi connectivity index (χ1v) is 7.46. The lowest BCUT2D eigenvalue weighted by Gasteiger charge is -2.18. The van der Waals surface area contributed by atoms with Crippen molar-refractivity contribution in [2.75, 3.05) is 33.2 Å². The number of carbonyl (C=O) groups excluding carboxylic acids is 2. The minimum Gasteiger partial charge on any atom is -0.352 e. The van der Waals surface area contributed by atoms with Crippen LogP contribution in [-0.2, 0) is 0 Å². The summed E-state index contributed by atoms with van der Waals surface area (Å²) >= 11 is 0. The van der Waals surface area contributed by atoms with Gasteiger partial charge in [0.25, 0.3) is 11.8 Å². The highest BCUT2D eigenvalue weighted by Crippen LogP contribution is 2.08. The van der Waals surface area contributed by atoms with Gasteiger partial charge in [-0.2, -0.15) is 0 Å². The highest BCUT2D eigenvalue weighted by atomic mass is 35.5. The Morgan fingerprint density at radius 1 is 1.00 bits per heavy atom. The van der Waals surface area contributed by atoms with Gasteiger partial charge in [-0.15, -0.1) is 12.4 Å². The molecular formula is C16H26ClN3O2. The highest BCUT2D eigenvalue weighted by molar-refractivity contribution is 5.97. The molecule has 6 heteroatoms. The number of amides is 2. The molecular weight excluding hydrogens is 302 g/mol. The maximum absolute atomic E-state index is 12.2. The fourth-order valence-electron chi connectivity index (χ4n) is 2.03. The van der Waals surface area contributed by atoms with Crippen molar-refractivity contribution in [2.24, 2.45) is 0 Å². The first-order chi connectivity index (χ1) is 10.1. The van der Waals surface area contributed by atoms with Crippen LogP contribution in [0, 0.1) is 0 Å². The number of nitrogens with one attached hydrogen (secondary N) is 2. The van der Waals surface area contributed by atoms with Crippen molar-refractivity contribution in [3.8, 4) is 0 Å². The Bertz CT molecular complexity index is 459. The Balaban J connectivity index is 0.00000441. The zero-order chi connectivity index (χ0) is 15.7. The van der Waals surface area contributed by atoms with Gasteiger partial charge in [-0.3, -0.25) is 9.59 Å². The summed E-state index contributed by atoms with van der Waals surface area (Å²) in [4.78, 5) is 25.8. The summed E-state index contributed by atoms with van der Waals surface area (Å²) in [5.41, 5.74) is 1.20. The van der Waals surface area contributed by atoms with E-state index in [1.54, 1.807) is 29.2 Å². The number of benzene rings is 1. The molecule has 0 radical (unpaired) electrons. The molecule has 2 N–H and O–H groups in total. The second-order valence-electron chi connectivity index (χ2n) is 4.77. The molecule has 0 heterocycles. The molecule has 0 aliphatic rings. The summed E-state index contributed by atoms with van der Waals surface area (Å²) in [6, 6.07) is 6.82. The van der Waals surface area contributed by atoms with E-state index in [2.05, 4.69) is 10.6 Å². The highest BCUT2D eigenvalue weighted by Gasteiger charge is 2.13. The van der Waals surface area contributed by atoms with E-state index in [9.17, 15) is 9.59 Å². The van der Waals surface area contributed by atoms with Crippen molar-refractivity contribution in [1.82, 2.24) is 15.5 Å². The first kappa shape index (κ1) is 20.4. The topological polar surface area (TPSA) is 61.4 Å². The molecule has 0 saturated heterocycles. The molecule has 0 unspecified atom stereocenters. The van der Waals surface area contributed by atoms with Gasteiger partial charge in [0.1, 0.15) is 0 Å². The van der Waals surface area contributed by atoms with Gasteiger partial charge in [0.15, 0.2) is 0 Å². The predicted molar refractivity (Wildman–Crippen MR) is 91.8 cm³/mol. The smallest absolute Gasteiger partial charge is 0.253 e. The van der Waals surface area contributed by atoms with Crippen LogP contribution in [0.2, 0.25) is 0 Å². The van der Waals surface area contributed by atoms with Crippen molar-refractivity contribution in [3.05, 3.63) is 35.4 Å². The largest absolute Gasteiger partial charge is 0.352 e. The van der Waals surface area contributed by atoms with E-state index >= 15 is 0 Å². The van der Waals surface area contributed by atoms with Crippen molar-refractivity contribution in [1.29, 1.82) is 0 Å². The molecule has 0 spiro atoms. The fourth-order valence-corrected chi connectivity index (χ4v) is 2.03. The SMILES string of the molecule is CCN(CC)C(=O)c1ccc(C(=O)NCCCNC)cc1.Cl. The number of hydrogen-bond donors (Lipinski definition) is 2. The minimum atomic E-state index is -0.104. The van der Waals surface area contributed by atoms with Crippen LogP contribution >= 0.6 is 12.4 Å². The predicted octanol–water partition coefficient (Wildman–Crippen LogP) is 1.93. The van der Waals surface area contributed by atoms with Crippen LogP contribution in [0.1, 0.15) is 41.0 Å². The van der Waals surface area contributed by atoms with Gasteiger partial charge in [0.05, 0.1) is 0 Å². The van der Waals surface area contributed by atoms with Crippen LogP contribution in [0.25, 0.3) is 0 Å². The number of hydrogen-bond acceptors (Lipinski definition) is 3. The van der Waals surface area contributed by atoms with Crippen molar-refractivity contribution in [2.45, 2.75) is 20.3 Å². The maximum Gasteiger partial charge on any atom is 0.253 e. The van der Waals surface area contributed by atoms with Crippen molar-refractivity contribution >= 4 is 24.2 Å². The van der Waals surface area contributed by atoms with Crippen LogP contribution in [0.15, 0.2) is 24.3 Å². The first-order valence-electron chi connectivity index (χ1n) is 7.46. The Morgan fingerprint density at radius 3 is 2.05 bits per heavy atom. The molecule has 0 aliphatic heterocycles. The van der Waals surface area contributed by atoms with Gasteiger partial charge in [-0.05, 0) is 58.1 Å². The third kappa shape index (κ3) is 6.03. The Labute approximate surface area is 138 Å². The summed E-state index contributed by atoms with van der Waals surface area (Å²) in [6.07, 6.45) is 0.890. The Morgan fingerprint density at radius 2 is 1.55 bits per heavy atom. The van der Waals surface area contributed by atoms with Crippen molar-refractivity contribution in [3.63, 3.8) is 0 Å². The van der Waals surface area contributed by atoms with E-state index in [0.717, 1.165) is 13.0 Å². The number of rotatable bonds is 8. The number of carbonyl (C=O) groups is 2. The van der Waals surface area contributed by atoms with Crippen LogP contribution in [0.4, 0.5) is 0 Å². The molecule has 1 aromatic rings. The lowest BCUT2D eigenvalue weighted by Crippen LogP contribution is -2.30. The van der Waals surface area contributed by atoms with Crippen molar-refractivity contribution < 1.29 is 9.59 Å². The second-order valence-corrected chi connectivity index (χ2v) is 4.77. The molecule has 0 aromatic heterocycles. The average molecular weight is 328 g/mol. The molecule has 124 valence electrons. The number of nitrogens with zero attached hydrogens (tertiary/aromatic N) is 1. The van der Waals surface area contributed by atoms with Gasteiger partial charge < -0.3 is 15.5 Å².